The molecule has 130 valence electrons. The van der Waals surface area contributed by atoms with Crippen LogP contribution < -0.4 is 11.2 Å². The fraction of sp³-hybridized carbons (Fsp3) is 0.533. The second kappa shape index (κ2) is 6.68. The number of nitrogens with zero attached hydrogens (tertiary/aromatic N) is 4. The fourth-order valence-corrected chi connectivity index (χ4v) is 2.76. The van der Waals surface area contributed by atoms with E-state index in [1.54, 1.807) is 11.6 Å². The highest BCUT2D eigenvalue weighted by atomic mass is 32.1. The van der Waals surface area contributed by atoms with Gasteiger partial charge in [-0.25, -0.2) is 9.78 Å². The quantitative estimate of drug-likeness (QED) is 0.720. The van der Waals surface area contributed by atoms with Crippen molar-refractivity contribution in [3.05, 3.63) is 26.7 Å². The van der Waals surface area contributed by atoms with Gasteiger partial charge in [0.1, 0.15) is 11.6 Å². The fourth-order valence-electron chi connectivity index (χ4n) is 2.44. The van der Waals surface area contributed by atoms with Crippen LogP contribution in [0.1, 0.15) is 26.6 Å². The Kier molecular flexibility index (Phi) is 5.02. The van der Waals surface area contributed by atoms with Crippen molar-refractivity contribution in [2.24, 2.45) is 14.1 Å². The Balaban J connectivity index is 2.63. The maximum atomic E-state index is 12.6. The van der Waals surface area contributed by atoms with Gasteiger partial charge in [0.25, 0.3) is 5.56 Å². The van der Waals surface area contributed by atoms with Crippen molar-refractivity contribution in [1.29, 1.82) is 0 Å². The summed E-state index contributed by atoms with van der Waals surface area (Å²) in [7, 11) is 3.19. The van der Waals surface area contributed by atoms with Crippen molar-refractivity contribution in [3.63, 3.8) is 0 Å². The van der Waals surface area contributed by atoms with Gasteiger partial charge >= 0.3 is 5.69 Å². The van der Waals surface area contributed by atoms with Gasteiger partial charge in [0.15, 0.2) is 16.2 Å². The summed E-state index contributed by atoms with van der Waals surface area (Å²) >= 11 is 5.18. The summed E-state index contributed by atoms with van der Waals surface area (Å²) in [6.07, 6.45) is 0.197. The van der Waals surface area contributed by atoms with Crippen LogP contribution in [0.25, 0.3) is 11.2 Å². The third kappa shape index (κ3) is 3.30. The lowest BCUT2D eigenvalue weighted by molar-refractivity contribution is -0.117. The summed E-state index contributed by atoms with van der Waals surface area (Å²) in [4.78, 5) is 40.6. The molecule has 0 atom stereocenters. The highest BCUT2D eigenvalue weighted by molar-refractivity contribution is 7.80. The molecule has 0 aromatic carbocycles. The maximum absolute atomic E-state index is 12.6. The summed E-state index contributed by atoms with van der Waals surface area (Å²) in [6.45, 7) is 4.79. The van der Waals surface area contributed by atoms with Gasteiger partial charge < -0.3 is 9.30 Å². The zero-order valence-electron chi connectivity index (χ0n) is 14.3. The molecule has 0 aliphatic rings. The largest absolute Gasteiger partial charge is 0.484 e. The third-order valence-electron chi connectivity index (χ3n) is 3.50. The van der Waals surface area contributed by atoms with E-state index >= 15 is 0 Å². The molecule has 9 heteroatoms. The number of rotatable bonds is 5. The van der Waals surface area contributed by atoms with E-state index in [2.05, 4.69) is 4.98 Å². The van der Waals surface area contributed by atoms with Gasteiger partial charge in [-0.3, -0.25) is 18.7 Å². The molecule has 0 amide bonds. The third-order valence-corrected chi connectivity index (χ3v) is 3.74. The lowest BCUT2D eigenvalue weighted by Crippen LogP contribution is -2.40. The minimum absolute atomic E-state index is 0.0515. The van der Waals surface area contributed by atoms with E-state index in [4.69, 9.17) is 17.0 Å². The number of ketones is 1. The molecule has 0 aliphatic heterocycles. The number of imidazole rings is 1. The minimum Gasteiger partial charge on any atom is -0.484 e. The molecular weight excluding hydrogens is 332 g/mol. The van der Waals surface area contributed by atoms with Crippen molar-refractivity contribution in [1.82, 2.24) is 18.7 Å². The first-order valence-electron chi connectivity index (χ1n) is 7.47. The van der Waals surface area contributed by atoms with Crippen LogP contribution in [0.2, 0.25) is 0 Å². The number of Topliss-reactive ketones (excluding diaryl/α,β-unsaturated/α-hetero) is 1. The van der Waals surface area contributed by atoms with Gasteiger partial charge in [-0.05, 0) is 33.0 Å². The molecule has 0 spiro atoms. The molecule has 2 aromatic rings. The van der Waals surface area contributed by atoms with Crippen molar-refractivity contribution in [2.45, 2.75) is 39.8 Å². The van der Waals surface area contributed by atoms with Gasteiger partial charge in [-0.1, -0.05) is 0 Å². The molecule has 2 rings (SSSR count). The molecule has 2 aromatic heterocycles. The number of thiocarbonyl (C=S) groups is 1. The number of aromatic nitrogens is 4. The van der Waals surface area contributed by atoms with Crippen LogP contribution in [0.15, 0.2) is 9.59 Å². The lowest BCUT2D eigenvalue weighted by atomic mass is 10.4. The Bertz CT molecular complexity index is 936. The van der Waals surface area contributed by atoms with E-state index < -0.39 is 11.2 Å². The number of carbonyl (C=O) groups excluding carboxylic acids is 1. The molecule has 0 fully saturated rings. The van der Waals surface area contributed by atoms with E-state index in [1.807, 2.05) is 13.8 Å². The molecule has 0 N–H and O–H groups in total. The van der Waals surface area contributed by atoms with Crippen molar-refractivity contribution < 1.29 is 9.53 Å². The van der Waals surface area contributed by atoms with Crippen LogP contribution in [-0.4, -0.2) is 35.6 Å². The molecule has 0 radical (unpaired) electrons. The molecule has 0 saturated heterocycles. The number of aryl methyl sites for hydroxylation is 2. The van der Waals surface area contributed by atoms with Gasteiger partial charge in [0.05, 0.1) is 19.1 Å². The predicted molar refractivity (Wildman–Crippen MR) is 93.4 cm³/mol. The van der Waals surface area contributed by atoms with Crippen molar-refractivity contribution in [2.75, 3.05) is 0 Å². The summed E-state index contributed by atoms with van der Waals surface area (Å²) in [5.41, 5.74) is -0.607. The summed E-state index contributed by atoms with van der Waals surface area (Å²) in [5, 5.41) is 0.359. The molecule has 24 heavy (non-hydrogen) atoms. The van der Waals surface area contributed by atoms with Crippen molar-refractivity contribution in [3.8, 4) is 0 Å². The number of hydrogen-bond donors (Lipinski definition) is 0. The molecule has 0 aliphatic carbocycles. The van der Waals surface area contributed by atoms with E-state index in [0.717, 1.165) is 4.57 Å². The van der Waals surface area contributed by atoms with Crippen LogP contribution in [-0.2, 0) is 36.6 Å². The zero-order valence-corrected chi connectivity index (χ0v) is 15.1. The van der Waals surface area contributed by atoms with Crippen LogP contribution in [0.3, 0.4) is 0 Å². The minimum atomic E-state index is -0.576. The molecular formula is C15H20N4O4S. The van der Waals surface area contributed by atoms with Gasteiger partial charge in [0.2, 0.25) is 0 Å². The van der Waals surface area contributed by atoms with Crippen LogP contribution in [0.4, 0.5) is 0 Å². The van der Waals surface area contributed by atoms with E-state index in [1.165, 1.54) is 18.5 Å². The van der Waals surface area contributed by atoms with Crippen LogP contribution >= 0.6 is 12.2 Å². The number of ether oxygens (including phenoxy) is 1. The average molecular weight is 352 g/mol. The van der Waals surface area contributed by atoms with Gasteiger partial charge in [-0.15, -0.1) is 0 Å². The SMILES string of the molecule is CC(=O)Cn1c(=O)c2c(nc(CC(=S)OC(C)C)n2C)n(C)c1=O. The topological polar surface area (TPSA) is 88.1 Å². The highest BCUT2D eigenvalue weighted by Crippen LogP contribution is 2.11. The standard InChI is InChI=1S/C15H20N4O4S/c1-8(2)23-11(24)6-10-16-13-12(17(10)4)14(21)19(7-9(3)20)15(22)18(13)5/h8H,6-7H2,1-5H3. The predicted octanol–water partition coefficient (Wildman–Crippen LogP) is 0.318. The van der Waals surface area contributed by atoms with Gasteiger partial charge in [0, 0.05) is 14.1 Å². The smallest absolute Gasteiger partial charge is 0.332 e. The first-order chi connectivity index (χ1) is 11.1. The molecule has 2 heterocycles. The van der Waals surface area contributed by atoms with E-state index in [0.29, 0.717) is 10.9 Å². The Hall–Kier alpha value is -2.29. The maximum Gasteiger partial charge on any atom is 0.332 e. The Morgan fingerprint density at radius 3 is 2.42 bits per heavy atom. The molecule has 0 unspecified atom stereocenters. The Morgan fingerprint density at radius 1 is 1.25 bits per heavy atom. The summed E-state index contributed by atoms with van der Waals surface area (Å²) < 4.78 is 9.21. The second-order valence-corrected chi connectivity index (χ2v) is 6.36. The zero-order chi connectivity index (χ0) is 18.2. The lowest BCUT2D eigenvalue weighted by Gasteiger charge is -2.10. The summed E-state index contributed by atoms with van der Waals surface area (Å²) in [6, 6.07) is 0. The van der Waals surface area contributed by atoms with E-state index in [-0.39, 0.29) is 36.0 Å². The van der Waals surface area contributed by atoms with E-state index in [9.17, 15) is 14.4 Å². The van der Waals surface area contributed by atoms with Gasteiger partial charge in [-0.2, -0.15) is 0 Å². The monoisotopic (exact) mass is 352 g/mol. The number of fused-ring (bicyclic) bond motifs is 1. The first-order valence-corrected chi connectivity index (χ1v) is 7.88. The summed E-state index contributed by atoms with van der Waals surface area (Å²) in [5.74, 6) is 0.241. The molecule has 0 bridgehead atoms. The van der Waals surface area contributed by atoms with Crippen molar-refractivity contribution >= 4 is 34.2 Å². The highest BCUT2D eigenvalue weighted by Gasteiger charge is 2.20. The van der Waals surface area contributed by atoms with Crippen LogP contribution in [0.5, 0.6) is 0 Å². The Morgan fingerprint density at radius 2 is 1.88 bits per heavy atom. The molecule has 8 nitrogen and oxygen atoms in total. The normalized spacial score (nSPS) is 11.2. The number of hydrogen-bond acceptors (Lipinski definition) is 6. The average Bonchev–Trinajstić information content (AvgIpc) is 2.77. The molecule has 0 saturated carbocycles. The first kappa shape index (κ1) is 18.1. The second-order valence-electron chi connectivity index (χ2n) is 5.91. The van der Waals surface area contributed by atoms with Crippen LogP contribution in [0, 0.1) is 0 Å². The number of carbonyl (C=O) groups is 1. The Labute approximate surface area is 143 Å².